The van der Waals surface area contributed by atoms with Gasteiger partial charge in [-0.25, -0.2) is 0 Å². The van der Waals surface area contributed by atoms with Gasteiger partial charge in [0.15, 0.2) is 0 Å². The standard InChI is InChI=1S/C16H25NO/c1-12(2)14-7-6-13(3)15(10-14)16(11-18)17-8-4-5-9-17/h6-7,10,12,16,18H,4-5,8-9,11H2,1-3H3. The van der Waals surface area contributed by atoms with Crippen LogP contribution in [0.2, 0.25) is 0 Å². The van der Waals surface area contributed by atoms with Crippen LogP contribution in [0.1, 0.15) is 55.3 Å². The van der Waals surface area contributed by atoms with Crippen LogP contribution in [-0.2, 0) is 0 Å². The molecule has 0 saturated carbocycles. The van der Waals surface area contributed by atoms with E-state index in [1.165, 1.54) is 29.5 Å². The van der Waals surface area contributed by atoms with E-state index in [-0.39, 0.29) is 12.6 Å². The Morgan fingerprint density at radius 3 is 2.44 bits per heavy atom. The highest BCUT2D eigenvalue weighted by molar-refractivity contribution is 5.35. The summed E-state index contributed by atoms with van der Waals surface area (Å²) in [6.45, 7) is 9.06. The van der Waals surface area contributed by atoms with Gasteiger partial charge in [-0.3, -0.25) is 4.90 Å². The second-order valence-electron chi connectivity index (χ2n) is 5.71. The van der Waals surface area contributed by atoms with E-state index >= 15 is 0 Å². The van der Waals surface area contributed by atoms with Crippen molar-refractivity contribution >= 4 is 0 Å². The molecule has 18 heavy (non-hydrogen) atoms. The minimum absolute atomic E-state index is 0.186. The van der Waals surface area contributed by atoms with Crippen molar-refractivity contribution in [3.8, 4) is 0 Å². The van der Waals surface area contributed by atoms with Gasteiger partial charge in [-0.15, -0.1) is 0 Å². The molecule has 0 spiro atoms. The lowest BCUT2D eigenvalue weighted by Crippen LogP contribution is -2.29. The first-order valence-electron chi connectivity index (χ1n) is 7.09. The van der Waals surface area contributed by atoms with Crippen molar-refractivity contribution in [1.29, 1.82) is 0 Å². The van der Waals surface area contributed by atoms with Gasteiger partial charge in [0.2, 0.25) is 0 Å². The summed E-state index contributed by atoms with van der Waals surface area (Å²) in [5.74, 6) is 0.544. The Morgan fingerprint density at radius 1 is 1.22 bits per heavy atom. The molecule has 2 rings (SSSR count). The Labute approximate surface area is 111 Å². The van der Waals surface area contributed by atoms with Gasteiger partial charge < -0.3 is 5.11 Å². The number of nitrogens with zero attached hydrogens (tertiary/aromatic N) is 1. The summed E-state index contributed by atoms with van der Waals surface area (Å²) >= 11 is 0. The summed E-state index contributed by atoms with van der Waals surface area (Å²) in [4.78, 5) is 2.42. The maximum Gasteiger partial charge on any atom is 0.0628 e. The van der Waals surface area contributed by atoms with Gasteiger partial charge in [0.05, 0.1) is 12.6 Å². The van der Waals surface area contributed by atoms with Gasteiger partial charge in [0.25, 0.3) is 0 Å². The third-order valence-corrected chi connectivity index (χ3v) is 4.08. The van der Waals surface area contributed by atoms with E-state index in [1.807, 2.05) is 0 Å². The molecular formula is C16H25NO. The van der Waals surface area contributed by atoms with Crippen LogP contribution in [0.4, 0.5) is 0 Å². The number of hydrogen-bond donors (Lipinski definition) is 1. The van der Waals surface area contributed by atoms with E-state index in [0.717, 1.165) is 13.1 Å². The lowest BCUT2D eigenvalue weighted by atomic mass is 9.93. The van der Waals surface area contributed by atoms with Crippen molar-refractivity contribution in [2.24, 2.45) is 0 Å². The monoisotopic (exact) mass is 247 g/mol. The topological polar surface area (TPSA) is 23.5 Å². The lowest BCUT2D eigenvalue weighted by Gasteiger charge is -2.28. The molecule has 0 bridgehead atoms. The second-order valence-corrected chi connectivity index (χ2v) is 5.71. The van der Waals surface area contributed by atoms with E-state index in [4.69, 9.17) is 0 Å². The molecule has 1 atom stereocenters. The fourth-order valence-electron chi connectivity index (χ4n) is 2.84. The predicted molar refractivity (Wildman–Crippen MR) is 75.9 cm³/mol. The van der Waals surface area contributed by atoms with Crippen LogP contribution in [0, 0.1) is 6.92 Å². The third-order valence-electron chi connectivity index (χ3n) is 4.08. The highest BCUT2D eigenvalue weighted by atomic mass is 16.3. The van der Waals surface area contributed by atoms with Crippen LogP contribution in [0.3, 0.4) is 0 Å². The van der Waals surface area contributed by atoms with Crippen LogP contribution < -0.4 is 0 Å². The molecular weight excluding hydrogens is 222 g/mol. The van der Waals surface area contributed by atoms with Crippen molar-refractivity contribution < 1.29 is 5.11 Å². The van der Waals surface area contributed by atoms with Crippen molar-refractivity contribution in [2.75, 3.05) is 19.7 Å². The number of hydrogen-bond acceptors (Lipinski definition) is 2. The Hall–Kier alpha value is -0.860. The molecule has 0 aromatic heterocycles. The molecule has 1 unspecified atom stereocenters. The van der Waals surface area contributed by atoms with E-state index in [2.05, 4.69) is 43.9 Å². The first kappa shape index (κ1) is 13.6. The van der Waals surface area contributed by atoms with Gasteiger partial charge >= 0.3 is 0 Å². The Morgan fingerprint density at radius 2 is 1.89 bits per heavy atom. The fourth-order valence-corrected chi connectivity index (χ4v) is 2.84. The molecule has 1 fully saturated rings. The van der Waals surface area contributed by atoms with Crippen molar-refractivity contribution in [1.82, 2.24) is 4.90 Å². The minimum Gasteiger partial charge on any atom is -0.394 e. The molecule has 1 heterocycles. The van der Waals surface area contributed by atoms with Crippen LogP contribution in [0.5, 0.6) is 0 Å². The van der Waals surface area contributed by atoms with Gasteiger partial charge in [-0.1, -0.05) is 32.0 Å². The van der Waals surface area contributed by atoms with Crippen LogP contribution in [0.25, 0.3) is 0 Å². The number of rotatable bonds is 4. The van der Waals surface area contributed by atoms with Gasteiger partial charge in [-0.2, -0.15) is 0 Å². The molecule has 1 aliphatic heterocycles. The summed E-state index contributed by atoms with van der Waals surface area (Å²) in [6.07, 6.45) is 2.53. The van der Waals surface area contributed by atoms with E-state index in [1.54, 1.807) is 0 Å². The Balaban J connectivity index is 2.31. The molecule has 1 aromatic carbocycles. The molecule has 2 heteroatoms. The molecule has 1 saturated heterocycles. The van der Waals surface area contributed by atoms with E-state index < -0.39 is 0 Å². The maximum absolute atomic E-state index is 9.75. The fraction of sp³-hybridized carbons (Fsp3) is 0.625. The Bertz CT molecular complexity index is 394. The number of benzene rings is 1. The SMILES string of the molecule is Cc1ccc(C(C)C)cc1C(CO)N1CCCC1. The summed E-state index contributed by atoms with van der Waals surface area (Å²) in [6, 6.07) is 6.89. The number of likely N-dealkylation sites (tertiary alicyclic amines) is 1. The molecule has 0 radical (unpaired) electrons. The first-order valence-corrected chi connectivity index (χ1v) is 7.09. The average molecular weight is 247 g/mol. The second kappa shape index (κ2) is 5.85. The predicted octanol–water partition coefficient (Wildman–Crippen LogP) is 3.25. The average Bonchev–Trinajstić information content (AvgIpc) is 2.86. The smallest absolute Gasteiger partial charge is 0.0628 e. The zero-order chi connectivity index (χ0) is 13.1. The van der Waals surface area contributed by atoms with Gasteiger partial charge in [-0.05, 0) is 55.5 Å². The Kier molecular flexibility index (Phi) is 4.41. The maximum atomic E-state index is 9.75. The first-order chi connectivity index (χ1) is 8.63. The van der Waals surface area contributed by atoms with Gasteiger partial charge in [0, 0.05) is 0 Å². The van der Waals surface area contributed by atoms with Crippen LogP contribution in [-0.4, -0.2) is 29.7 Å². The summed E-state index contributed by atoms with van der Waals surface area (Å²) in [7, 11) is 0. The zero-order valence-electron chi connectivity index (χ0n) is 11.8. The van der Waals surface area contributed by atoms with Crippen molar-refractivity contribution in [2.45, 2.75) is 45.6 Å². The number of aliphatic hydroxyl groups is 1. The third kappa shape index (κ3) is 2.76. The molecule has 0 amide bonds. The van der Waals surface area contributed by atoms with E-state index in [9.17, 15) is 5.11 Å². The largest absolute Gasteiger partial charge is 0.394 e. The minimum atomic E-state index is 0.186. The van der Waals surface area contributed by atoms with Crippen molar-refractivity contribution in [3.05, 3.63) is 34.9 Å². The molecule has 1 N–H and O–H groups in total. The molecule has 1 aromatic rings. The summed E-state index contributed by atoms with van der Waals surface area (Å²) < 4.78 is 0. The molecule has 0 aliphatic carbocycles. The highest BCUT2D eigenvalue weighted by Crippen LogP contribution is 2.29. The number of aryl methyl sites for hydroxylation is 1. The van der Waals surface area contributed by atoms with Crippen LogP contribution in [0.15, 0.2) is 18.2 Å². The summed E-state index contributed by atoms with van der Waals surface area (Å²) in [5, 5.41) is 9.75. The molecule has 2 nitrogen and oxygen atoms in total. The van der Waals surface area contributed by atoms with Crippen LogP contribution >= 0.6 is 0 Å². The van der Waals surface area contributed by atoms with Crippen molar-refractivity contribution in [3.63, 3.8) is 0 Å². The lowest BCUT2D eigenvalue weighted by molar-refractivity contribution is 0.146. The molecule has 100 valence electrons. The summed E-state index contributed by atoms with van der Waals surface area (Å²) in [5.41, 5.74) is 3.98. The zero-order valence-corrected chi connectivity index (χ0v) is 11.8. The highest BCUT2D eigenvalue weighted by Gasteiger charge is 2.24. The van der Waals surface area contributed by atoms with E-state index in [0.29, 0.717) is 5.92 Å². The molecule has 1 aliphatic rings. The quantitative estimate of drug-likeness (QED) is 0.883. The normalized spacial score (nSPS) is 18.5. The number of aliphatic hydroxyl groups excluding tert-OH is 1. The van der Waals surface area contributed by atoms with Gasteiger partial charge in [0.1, 0.15) is 0 Å².